The van der Waals surface area contributed by atoms with Crippen LogP contribution in [0.1, 0.15) is 40.8 Å². The van der Waals surface area contributed by atoms with E-state index in [1.165, 1.54) is 22.4 Å². The van der Waals surface area contributed by atoms with Gasteiger partial charge in [0.05, 0.1) is 25.0 Å². The minimum absolute atomic E-state index is 0.616. The fourth-order valence-corrected chi connectivity index (χ4v) is 3.63. The Morgan fingerprint density at radius 3 is 2.52 bits per heavy atom. The molecule has 0 atom stereocenters. The summed E-state index contributed by atoms with van der Waals surface area (Å²) < 4.78 is 7.40. The quantitative estimate of drug-likeness (QED) is 0.408. The monoisotopic (exact) mass is 422 g/mol. The maximum absolute atomic E-state index is 5.47. The van der Waals surface area contributed by atoms with Gasteiger partial charge < -0.3 is 15.1 Å². The highest BCUT2D eigenvalue weighted by Crippen LogP contribution is 2.15. The summed E-state index contributed by atoms with van der Waals surface area (Å²) in [5.74, 6) is 1.78. The minimum atomic E-state index is 0.616. The average Bonchev–Trinajstić information content (AvgIpc) is 3.33. The van der Waals surface area contributed by atoms with Gasteiger partial charge in [0.25, 0.3) is 0 Å². The summed E-state index contributed by atoms with van der Waals surface area (Å²) in [7, 11) is 4.08. The van der Waals surface area contributed by atoms with Crippen molar-refractivity contribution >= 4 is 5.96 Å². The topological polar surface area (TPSA) is 70.6 Å². The van der Waals surface area contributed by atoms with Crippen LogP contribution in [-0.2, 0) is 33.2 Å². The summed E-state index contributed by atoms with van der Waals surface area (Å²) in [5.41, 5.74) is 5.93. The summed E-state index contributed by atoms with van der Waals surface area (Å²) in [4.78, 5) is 7.09. The van der Waals surface area contributed by atoms with Gasteiger partial charge in [-0.25, -0.2) is 4.99 Å². The second kappa shape index (κ2) is 10.8. The van der Waals surface area contributed by atoms with Crippen molar-refractivity contribution in [2.75, 3.05) is 13.6 Å². The van der Waals surface area contributed by atoms with Crippen LogP contribution in [0, 0.1) is 13.8 Å². The first-order valence-corrected chi connectivity index (χ1v) is 10.8. The van der Waals surface area contributed by atoms with Crippen molar-refractivity contribution in [3.63, 3.8) is 0 Å². The minimum Gasteiger partial charge on any atom is -0.468 e. The molecule has 3 aromatic rings. The van der Waals surface area contributed by atoms with Crippen molar-refractivity contribution in [3.05, 3.63) is 76.5 Å². The number of hydrogen-bond donors (Lipinski definition) is 2. The Morgan fingerprint density at radius 2 is 1.87 bits per heavy atom. The summed E-state index contributed by atoms with van der Waals surface area (Å²) in [6, 6.07) is 12.4. The van der Waals surface area contributed by atoms with Gasteiger partial charge in [-0.3, -0.25) is 9.58 Å². The molecule has 7 heteroatoms. The number of nitrogens with zero attached hydrogens (tertiary/aromatic N) is 4. The molecule has 0 aliphatic heterocycles. The van der Waals surface area contributed by atoms with Crippen LogP contribution in [0.3, 0.4) is 0 Å². The predicted octanol–water partition coefficient (Wildman–Crippen LogP) is 3.52. The second-order valence-electron chi connectivity index (χ2n) is 7.84. The van der Waals surface area contributed by atoms with Gasteiger partial charge >= 0.3 is 0 Å². The standard InChI is InChI=1S/C24H34N6O/c1-6-25-24(27-15-23-18(2)28-30(5)19(23)3)26-14-20-10-7-8-11-21(20)16-29(4)17-22-12-9-13-31-22/h7-13H,6,14-17H2,1-5H3,(H2,25,26,27). The van der Waals surface area contributed by atoms with E-state index in [0.717, 1.165) is 37.0 Å². The van der Waals surface area contributed by atoms with Crippen molar-refractivity contribution < 1.29 is 4.42 Å². The third-order valence-electron chi connectivity index (χ3n) is 5.41. The van der Waals surface area contributed by atoms with Gasteiger partial charge in [-0.2, -0.15) is 5.10 Å². The molecule has 0 saturated heterocycles. The number of hydrogen-bond acceptors (Lipinski definition) is 4. The number of benzene rings is 1. The predicted molar refractivity (Wildman–Crippen MR) is 125 cm³/mol. The third kappa shape index (κ3) is 6.21. The molecule has 0 bridgehead atoms. The number of guanidine groups is 1. The Hall–Kier alpha value is -3.06. The molecule has 0 saturated carbocycles. The number of furan rings is 1. The number of aliphatic imine (C=N–C) groups is 1. The molecule has 2 aromatic heterocycles. The van der Waals surface area contributed by atoms with E-state index < -0.39 is 0 Å². The van der Waals surface area contributed by atoms with E-state index in [1.54, 1.807) is 6.26 Å². The summed E-state index contributed by atoms with van der Waals surface area (Å²) >= 11 is 0. The Labute approximate surface area is 185 Å². The zero-order chi connectivity index (χ0) is 22.2. The van der Waals surface area contributed by atoms with Gasteiger partial charge in [0.2, 0.25) is 0 Å². The molecule has 0 fully saturated rings. The van der Waals surface area contributed by atoms with Crippen molar-refractivity contribution in [2.45, 2.75) is 47.0 Å². The molecule has 166 valence electrons. The van der Waals surface area contributed by atoms with Crippen LogP contribution >= 0.6 is 0 Å². The molecule has 2 N–H and O–H groups in total. The number of aromatic nitrogens is 2. The Balaban J connectivity index is 1.66. The maximum Gasteiger partial charge on any atom is 0.191 e. The molecule has 0 radical (unpaired) electrons. The lowest BCUT2D eigenvalue weighted by atomic mass is 10.1. The van der Waals surface area contributed by atoms with E-state index in [1.807, 2.05) is 30.8 Å². The normalized spacial score (nSPS) is 11.9. The van der Waals surface area contributed by atoms with Crippen LogP contribution in [-0.4, -0.2) is 34.2 Å². The van der Waals surface area contributed by atoms with E-state index in [0.29, 0.717) is 13.1 Å². The van der Waals surface area contributed by atoms with Crippen molar-refractivity contribution in [1.29, 1.82) is 0 Å². The zero-order valence-corrected chi connectivity index (χ0v) is 19.3. The van der Waals surface area contributed by atoms with Crippen LogP contribution < -0.4 is 10.6 Å². The van der Waals surface area contributed by atoms with E-state index in [-0.39, 0.29) is 0 Å². The Bertz CT molecular complexity index is 990. The molecule has 0 spiro atoms. The van der Waals surface area contributed by atoms with E-state index in [4.69, 9.17) is 9.41 Å². The molecule has 0 aliphatic carbocycles. The SMILES string of the molecule is CCNC(=NCc1ccccc1CN(C)Cc1ccco1)NCc1c(C)nn(C)c1C. The third-order valence-corrected chi connectivity index (χ3v) is 5.41. The van der Waals surface area contributed by atoms with Gasteiger partial charge in [-0.05, 0) is 51.1 Å². The van der Waals surface area contributed by atoms with Gasteiger partial charge in [0, 0.05) is 37.9 Å². The highest BCUT2D eigenvalue weighted by atomic mass is 16.3. The summed E-state index contributed by atoms with van der Waals surface area (Å²) in [5, 5.41) is 11.3. The number of nitrogens with one attached hydrogen (secondary N) is 2. The fourth-order valence-electron chi connectivity index (χ4n) is 3.63. The first kappa shape index (κ1) is 22.6. The molecule has 7 nitrogen and oxygen atoms in total. The molecular formula is C24H34N6O. The van der Waals surface area contributed by atoms with Crippen LogP contribution in [0.5, 0.6) is 0 Å². The van der Waals surface area contributed by atoms with Gasteiger partial charge in [0.15, 0.2) is 5.96 Å². The van der Waals surface area contributed by atoms with Crippen LogP contribution in [0.15, 0.2) is 52.1 Å². The van der Waals surface area contributed by atoms with Gasteiger partial charge in [-0.15, -0.1) is 0 Å². The van der Waals surface area contributed by atoms with Crippen molar-refractivity contribution in [2.24, 2.45) is 12.0 Å². The summed E-state index contributed by atoms with van der Waals surface area (Å²) in [6.45, 7) is 9.96. The average molecular weight is 423 g/mol. The summed E-state index contributed by atoms with van der Waals surface area (Å²) in [6.07, 6.45) is 1.72. The van der Waals surface area contributed by atoms with Crippen molar-refractivity contribution in [3.8, 4) is 0 Å². The first-order chi connectivity index (χ1) is 15.0. The Kier molecular flexibility index (Phi) is 7.89. The second-order valence-corrected chi connectivity index (χ2v) is 7.84. The maximum atomic E-state index is 5.47. The highest BCUT2D eigenvalue weighted by molar-refractivity contribution is 5.79. The van der Waals surface area contributed by atoms with Gasteiger partial charge in [-0.1, -0.05) is 24.3 Å². The van der Waals surface area contributed by atoms with E-state index in [9.17, 15) is 0 Å². The zero-order valence-electron chi connectivity index (χ0n) is 19.3. The van der Waals surface area contributed by atoms with Crippen LogP contribution in [0.4, 0.5) is 0 Å². The molecule has 0 amide bonds. The van der Waals surface area contributed by atoms with Crippen molar-refractivity contribution in [1.82, 2.24) is 25.3 Å². The first-order valence-electron chi connectivity index (χ1n) is 10.8. The molecule has 0 aliphatic rings. The molecule has 2 heterocycles. The smallest absolute Gasteiger partial charge is 0.191 e. The lowest BCUT2D eigenvalue weighted by molar-refractivity contribution is 0.287. The lowest BCUT2D eigenvalue weighted by Crippen LogP contribution is -2.37. The van der Waals surface area contributed by atoms with Gasteiger partial charge in [0.1, 0.15) is 5.76 Å². The van der Waals surface area contributed by atoms with Crippen LogP contribution in [0.2, 0.25) is 0 Å². The van der Waals surface area contributed by atoms with Crippen LogP contribution in [0.25, 0.3) is 0 Å². The fraction of sp³-hybridized carbons (Fsp3) is 0.417. The molecule has 3 rings (SSSR count). The van der Waals surface area contributed by atoms with E-state index >= 15 is 0 Å². The molecule has 0 unspecified atom stereocenters. The largest absolute Gasteiger partial charge is 0.468 e. The highest BCUT2D eigenvalue weighted by Gasteiger charge is 2.11. The molecule has 1 aromatic carbocycles. The molecular weight excluding hydrogens is 388 g/mol. The Morgan fingerprint density at radius 1 is 1.10 bits per heavy atom. The van der Waals surface area contributed by atoms with E-state index in [2.05, 4.69) is 65.8 Å². The molecule has 31 heavy (non-hydrogen) atoms. The number of aryl methyl sites for hydroxylation is 2. The number of rotatable bonds is 9. The lowest BCUT2D eigenvalue weighted by Gasteiger charge is -2.18.